The van der Waals surface area contributed by atoms with Crippen LogP contribution in [0.5, 0.6) is 0 Å². The minimum atomic E-state index is -0.112. The molecule has 180 valence electrons. The molecule has 0 aliphatic carbocycles. The number of aliphatic imine (C=N–C) groups is 1. The minimum Gasteiger partial charge on any atom is -0.393 e. The highest BCUT2D eigenvalue weighted by atomic mass is 16.5. The Labute approximate surface area is 194 Å². The third-order valence-electron chi connectivity index (χ3n) is 6.50. The summed E-state index contributed by atoms with van der Waals surface area (Å²) < 4.78 is 5.17. The molecule has 7 nitrogen and oxygen atoms in total. The van der Waals surface area contributed by atoms with Crippen LogP contribution in [0.15, 0.2) is 29.3 Å². The fourth-order valence-electron chi connectivity index (χ4n) is 4.50. The average Bonchev–Trinajstić information content (AvgIpc) is 2.81. The van der Waals surface area contributed by atoms with Crippen LogP contribution in [0.4, 0.5) is 0 Å². The topological polar surface area (TPSA) is 72.4 Å². The molecule has 2 fully saturated rings. The van der Waals surface area contributed by atoms with E-state index in [1.54, 1.807) is 7.11 Å². The lowest BCUT2D eigenvalue weighted by Gasteiger charge is -2.33. The van der Waals surface area contributed by atoms with Gasteiger partial charge in [0.15, 0.2) is 5.96 Å². The van der Waals surface area contributed by atoms with E-state index in [1.807, 2.05) is 0 Å². The number of nitrogens with zero attached hydrogens (tertiary/aromatic N) is 3. The number of hydrogen-bond acceptors (Lipinski definition) is 5. The van der Waals surface area contributed by atoms with E-state index in [0.29, 0.717) is 12.6 Å². The van der Waals surface area contributed by atoms with Crippen LogP contribution >= 0.6 is 0 Å². The Bertz CT molecular complexity index is 665. The molecule has 1 aromatic carbocycles. The van der Waals surface area contributed by atoms with E-state index in [9.17, 15) is 5.11 Å². The molecule has 0 saturated carbocycles. The second-order valence-electron chi connectivity index (χ2n) is 9.13. The number of nitrogens with one attached hydrogen (secondary N) is 2. The van der Waals surface area contributed by atoms with Gasteiger partial charge >= 0.3 is 0 Å². The molecule has 2 saturated heterocycles. The lowest BCUT2D eigenvalue weighted by atomic mass is 10.1. The Kier molecular flexibility index (Phi) is 10.8. The lowest BCUT2D eigenvalue weighted by Crippen LogP contribution is -2.48. The van der Waals surface area contributed by atoms with Gasteiger partial charge < -0.3 is 25.4 Å². The van der Waals surface area contributed by atoms with Crippen LogP contribution in [0.25, 0.3) is 0 Å². The van der Waals surface area contributed by atoms with Gasteiger partial charge in [-0.25, -0.2) is 4.99 Å². The van der Waals surface area contributed by atoms with Crippen molar-refractivity contribution in [2.75, 3.05) is 53.0 Å². The molecule has 2 heterocycles. The third kappa shape index (κ3) is 8.70. The first-order chi connectivity index (χ1) is 15.7. The van der Waals surface area contributed by atoms with Gasteiger partial charge in [0.2, 0.25) is 0 Å². The first-order valence-corrected chi connectivity index (χ1v) is 12.4. The number of aliphatic hydroxyl groups excluding tert-OH is 1. The maximum absolute atomic E-state index is 9.67. The number of guanidine groups is 1. The van der Waals surface area contributed by atoms with Crippen molar-refractivity contribution < 1.29 is 9.84 Å². The number of benzene rings is 1. The molecule has 0 atom stereocenters. The van der Waals surface area contributed by atoms with Crippen molar-refractivity contribution in [3.8, 4) is 0 Å². The van der Waals surface area contributed by atoms with Gasteiger partial charge in [-0.3, -0.25) is 4.90 Å². The van der Waals surface area contributed by atoms with Gasteiger partial charge in [-0.1, -0.05) is 24.3 Å². The highest BCUT2D eigenvalue weighted by molar-refractivity contribution is 5.80. The molecule has 0 amide bonds. The fourth-order valence-corrected chi connectivity index (χ4v) is 4.50. The summed E-state index contributed by atoms with van der Waals surface area (Å²) in [5.41, 5.74) is 2.56. The van der Waals surface area contributed by atoms with Crippen LogP contribution in [0.3, 0.4) is 0 Å². The van der Waals surface area contributed by atoms with E-state index in [-0.39, 0.29) is 6.10 Å². The Morgan fingerprint density at radius 2 is 1.69 bits per heavy atom. The quantitative estimate of drug-likeness (QED) is 0.291. The predicted molar refractivity (Wildman–Crippen MR) is 131 cm³/mol. The monoisotopic (exact) mass is 445 g/mol. The number of likely N-dealkylation sites (tertiary alicyclic amines) is 2. The van der Waals surface area contributed by atoms with Crippen LogP contribution in [0.2, 0.25) is 0 Å². The van der Waals surface area contributed by atoms with E-state index in [1.165, 1.54) is 11.1 Å². The molecular formula is C25H43N5O2. The molecule has 0 radical (unpaired) electrons. The number of ether oxygens (including phenoxy) is 1. The smallest absolute Gasteiger partial charge is 0.191 e. The van der Waals surface area contributed by atoms with Gasteiger partial charge in [-0.05, 0) is 50.2 Å². The van der Waals surface area contributed by atoms with Crippen molar-refractivity contribution in [1.29, 1.82) is 0 Å². The van der Waals surface area contributed by atoms with Gasteiger partial charge in [0.05, 0.1) is 12.6 Å². The largest absolute Gasteiger partial charge is 0.393 e. The Hall–Kier alpha value is -1.67. The second kappa shape index (κ2) is 13.8. The van der Waals surface area contributed by atoms with Crippen molar-refractivity contribution in [3.63, 3.8) is 0 Å². The molecule has 2 aliphatic heterocycles. The minimum absolute atomic E-state index is 0.112. The summed E-state index contributed by atoms with van der Waals surface area (Å²) in [4.78, 5) is 9.80. The maximum Gasteiger partial charge on any atom is 0.191 e. The van der Waals surface area contributed by atoms with Crippen molar-refractivity contribution in [2.24, 2.45) is 4.99 Å². The number of aliphatic hydroxyl groups is 1. The molecule has 3 N–H and O–H groups in total. The lowest BCUT2D eigenvalue weighted by molar-refractivity contribution is 0.0792. The summed E-state index contributed by atoms with van der Waals surface area (Å²) in [5, 5.41) is 16.7. The van der Waals surface area contributed by atoms with Crippen molar-refractivity contribution in [1.82, 2.24) is 20.4 Å². The molecule has 2 aliphatic rings. The van der Waals surface area contributed by atoms with E-state index in [2.05, 4.69) is 51.6 Å². The van der Waals surface area contributed by atoms with Gasteiger partial charge in [0, 0.05) is 65.6 Å². The van der Waals surface area contributed by atoms with E-state index < -0.39 is 0 Å². The first-order valence-electron chi connectivity index (χ1n) is 12.4. The van der Waals surface area contributed by atoms with Crippen LogP contribution in [-0.2, 0) is 17.8 Å². The summed E-state index contributed by atoms with van der Waals surface area (Å²) in [5.74, 6) is 0.918. The highest BCUT2D eigenvalue weighted by Gasteiger charge is 2.20. The fraction of sp³-hybridized carbons (Fsp3) is 0.720. The van der Waals surface area contributed by atoms with Crippen molar-refractivity contribution in [2.45, 2.75) is 64.3 Å². The van der Waals surface area contributed by atoms with E-state index in [4.69, 9.17) is 9.73 Å². The normalized spacial score (nSPS) is 19.9. The molecule has 32 heavy (non-hydrogen) atoms. The zero-order chi connectivity index (χ0) is 22.6. The molecule has 3 rings (SSSR count). The van der Waals surface area contributed by atoms with E-state index in [0.717, 1.165) is 90.5 Å². The number of hydrogen-bond donors (Lipinski definition) is 3. The summed E-state index contributed by atoms with van der Waals surface area (Å²) in [7, 11) is 1.77. The molecule has 7 heteroatoms. The molecule has 0 aromatic heterocycles. The zero-order valence-electron chi connectivity index (χ0n) is 20.1. The first kappa shape index (κ1) is 25.0. The summed E-state index contributed by atoms with van der Waals surface area (Å²) in [6.07, 6.45) is 5.08. The average molecular weight is 446 g/mol. The number of piperidine rings is 2. The maximum atomic E-state index is 9.67. The molecule has 0 bridgehead atoms. The summed E-state index contributed by atoms with van der Waals surface area (Å²) >= 11 is 0. The van der Waals surface area contributed by atoms with E-state index >= 15 is 0 Å². The Morgan fingerprint density at radius 3 is 2.34 bits per heavy atom. The van der Waals surface area contributed by atoms with Gasteiger partial charge in [0.25, 0.3) is 0 Å². The molecule has 0 spiro atoms. The van der Waals surface area contributed by atoms with Gasteiger partial charge in [-0.15, -0.1) is 0 Å². The third-order valence-corrected chi connectivity index (χ3v) is 6.50. The van der Waals surface area contributed by atoms with Crippen LogP contribution in [-0.4, -0.2) is 86.0 Å². The van der Waals surface area contributed by atoms with Crippen LogP contribution in [0, 0.1) is 0 Å². The summed E-state index contributed by atoms with van der Waals surface area (Å²) in [6.45, 7) is 10.8. The number of rotatable bonds is 10. The van der Waals surface area contributed by atoms with Crippen LogP contribution < -0.4 is 10.6 Å². The zero-order valence-corrected chi connectivity index (χ0v) is 20.1. The predicted octanol–water partition coefficient (Wildman–Crippen LogP) is 2.20. The highest BCUT2D eigenvalue weighted by Crippen LogP contribution is 2.15. The molecule has 1 aromatic rings. The second-order valence-corrected chi connectivity index (χ2v) is 9.13. The Morgan fingerprint density at radius 1 is 1.03 bits per heavy atom. The molecular weight excluding hydrogens is 402 g/mol. The SMILES string of the molecule is CCNC(=NCc1ccc(CN2CCC(O)CC2)cc1)NC1CCN(CCCOC)CC1. The van der Waals surface area contributed by atoms with Gasteiger partial charge in [0.1, 0.15) is 0 Å². The van der Waals surface area contributed by atoms with Gasteiger partial charge in [-0.2, -0.15) is 0 Å². The van der Waals surface area contributed by atoms with Crippen LogP contribution in [0.1, 0.15) is 50.2 Å². The summed E-state index contributed by atoms with van der Waals surface area (Å²) in [6, 6.07) is 9.31. The molecule has 0 unspecified atom stereocenters. The standard InChI is InChI=1S/C25H43N5O2/c1-3-26-25(28-23-9-14-29(15-10-23)13-4-18-32-2)27-19-21-5-7-22(8-6-21)20-30-16-11-24(31)12-17-30/h5-8,23-24,31H,3-4,9-20H2,1-2H3,(H2,26,27,28). The van der Waals surface area contributed by atoms with Crippen molar-refractivity contribution >= 4 is 5.96 Å². The Balaban J connectivity index is 1.43. The number of methoxy groups -OCH3 is 1. The van der Waals surface area contributed by atoms with Crippen molar-refractivity contribution in [3.05, 3.63) is 35.4 Å².